The van der Waals surface area contributed by atoms with Crippen molar-refractivity contribution in [3.8, 4) is 11.4 Å². The number of para-hydroxylation sites is 1. The van der Waals surface area contributed by atoms with Gasteiger partial charge in [-0.25, -0.2) is 0 Å². The van der Waals surface area contributed by atoms with Gasteiger partial charge in [0.05, 0.1) is 0 Å². The van der Waals surface area contributed by atoms with Gasteiger partial charge in [0.15, 0.2) is 5.82 Å². The van der Waals surface area contributed by atoms with E-state index in [9.17, 15) is 0 Å². The van der Waals surface area contributed by atoms with Crippen molar-refractivity contribution in [3.05, 3.63) is 30.6 Å². The second-order valence-corrected chi connectivity index (χ2v) is 6.32. The average molecular weight is 284 g/mol. The summed E-state index contributed by atoms with van der Waals surface area (Å²) in [7, 11) is 1.98. The Labute approximate surface area is 126 Å². The van der Waals surface area contributed by atoms with Gasteiger partial charge in [-0.2, -0.15) is 0 Å². The summed E-state index contributed by atoms with van der Waals surface area (Å²) in [5.41, 5.74) is 2.29. The van der Waals surface area contributed by atoms with Crippen LogP contribution in [0.15, 0.2) is 30.6 Å². The van der Waals surface area contributed by atoms with Crippen LogP contribution >= 0.6 is 0 Å². The second kappa shape index (κ2) is 6.29. The van der Waals surface area contributed by atoms with Crippen LogP contribution in [0.3, 0.4) is 0 Å². The number of anilines is 1. The van der Waals surface area contributed by atoms with E-state index in [0.29, 0.717) is 0 Å². The van der Waals surface area contributed by atoms with Gasteiger partial charge in [-0.3, -0.25) is 0 Å². The molecule has 1 heterocycles. The van der Waals surface area contributed by atoms with Gasteiger partial charge in [0.1, 0.15) is 6.33 Å². The van der Waals surface area contributed by atoms with Gasteiger partial charge in [-0.15, -0.1) is 10.2 Å². The van der Waals surface area contributed by atoms with Crippen molar-refractivity contribution in [3.63, 3.8) is 0 Å². The van der Waals surface area contributed by atoms with E-state index < -0.39 is 0 Å². The molecule has 4 nitrogen and oxygen atoms in total. The lowest BCUT2D eigenvalue weighted by Crippen LogP contribution is -2.20. The summed E-state index contributed by atoms with van der Waals surface area (Å²) in [6, 6.07) is 8.37. The molecule has 0 unspecified atom stereocenters. The lowest BCUT2D eigenvalue weighted by atomic mass is 9.83. The van der Waals surface area contributed by atoms with Crippen LogP contribution in [0.4, 0.5) is 5.69 Å². The predicted molar refractivity (Wildman–Crippen MR) is 86.1 cm³/mol. The normalized spacial score (nSPS) is 22.2. The molecule has 0 spiro atoms. The largest absolute Gasteiger partial charge is 0.384 e. The van der Waals surface area contributed by atoms with Crippen LogP contribution in [0.2, 0.25) is 0 Å². The summed E-state index contributed by atoms with van der Waals surface area (Å²) >= 11 is 0. The Hall–Kier alpha value is -1.84. The van der Waals surface area contributed by atoms with E-state index in [1.807, 2.05) is 11.6 Å². The Bertz CT molecular complexity index is 582. The number of benzene rings is 1. The van der Waals surface area contributed by atoms with Crippen molar-refractivity contribution < 1.29 is 0 Å². The lowest BCUT2D eigenvalue weighted by molar-refractivity contribution is 0.300. The highest BCUT2D eigenvalue weighted by Crippen LogP contribution is 2.30. The van der Waals surface area contributed by atoms with E-state index in [0.717, 1.165) is 35.5 Å². The smallest absolute Gasteiger partial charge is 0.165 e. The van der Waals surface area contributed by atoms with Gasteiger partial charge < -0.3 is 9.88 Å². The third-order valence-electron chi connectivity index (χ3n) is 4.60. The fourth-order valence-electron chi connectivity index (χ4n) is 3.15. The second-order valence-electron chi connectivity index (χ2n) is 6.32. The van der Waals surface area contributed by atoms with Gasteiger partial charge >= 0.3 is 0 Å². The zero-order valence-electron chi connectivity index (χ0n) is 12.9. The van der Waals surface area contributed by atoms with Gasteiger partial charge in [0.25, 0.3) is 0 Å². The molecule has 112 valence electrons. The number of hydrogen-bond donors (Lipinski definition) is 1. The Balaban J connectivity index is 1.70. The summed E-state index contributed by atoms with van der Waals surface area (Å²) in [6.07, 6.45) is 7.18. The molecule has 0 aliphatic heterocycles. The van der Waals surface area contributed by atoms with Crippen molar-refractivity contribution in [2.24, 2.45) is 18.9 Å². The van der Waals surface area contributed by atoms with Gasteiger partial charge in [-0.1, -0.05) is 31.9 Å². The van der Waals surface area contributed by atoms with E-state index in [-0.39, 0.29) is 0 Å². The van der Waals surface area contributed by atoms with E-state index in [1.54, 1.807) is 6.33 Å². The molecule has 0 saturated heterocycles. The molecule has 2 aromatic rings. The number of aryl methyl sites for hydroxylation is 1. The molecule has 1 N–H and O–H groups in total. The summed E-state index contributed by atoms with van der Waals surface area (Å²) in [4.78, 5) is 0. The monoisotopic (exact) mass is 284 g/mol. The highest BCUT2D eigenvalue weighted by molar-refractivity contribution is 5.73. The lowest BCUT2D eigenvalue weighted by Gasteiger charge is -2.26. The van der Waals surface area contributed by atoms with Crippen molar-refractivity contribution in [2.75, 3.05) is 11.9 Å². The molecule has 0 bridgehead atoms. The highest BCUT2D eigenvalue weighted by atomic mass is 15.2. The minimum absolute atomic E-state index is 0.800. The summed E-state index contributed by atoms with van der Waals surface area (Å²) < 4.78 is 1.96. The third kappa shape index (κ3) is 3.26. The number of nitrogens with one attached hydrogen (secondary N) is 1. The van der Waals surface area contributed by atoms with Crippen LogP contribution in [0.1, 0.15) is 32.6 Å². The van der Waals surface area contributed by atoms with Gasteiger partial charge in [0, 0.05) is 24.8 Å². The molecule has 4 heteroatoms. The molecule has 1 aliphatic rings. The maximum atomic E-state index is 4.22. The fraction of sp³-hybridized carbons (Fsp3) is 0.529. The first kappa shape index (κ1) is 14.1. The number of nitrogens with zero attached hydrogens (tertiary/aromatic N) is 3. The van der Waals surface area contributed by atoms with Crippen LogP contribution in [0, 0.1) is 11.8 Å². The Morgan fingerprint density at radius 2 is 1.95 bits per heavy atom. The molecule has 21 heavy (non-hydrogen) atoms. The van der Waals surface area contributed by atoms with Crippen LogP contribution in [-0.2, 0) is 7.05 Å². The Morgan fingerprint density at radius 1 is 1.19 bits per heavy atom. The highest BCUT2D eigenvalue weighted by Gasteiger charge is 2.18. The fourth-order valence-corrected chi connectivity index (χ4v) is 3.15. The maximum Gasteiger partial charge on any atom is 0.165 e. The molecule has 1 saturated carbocycles. The predicted octanol–water partition coefficient (Wildman–Crippen LogP) is 3.72. The zero-order valence-corrected chi connectivity index (χ0v) is 12.9. The molecule has 0 amide bonds. The third-order valence-corrected chi connectivity index (χ3v) is 4.60. The molecule has 1 aromatic carbocycles. The summed E-state index contributed by atoms with van der Waals surface area (Å²) in [6.45, 7) is 3.43. The Morgan fingerprint density at radius 3 is 2.67 bits per heavy atom. The molecular weight excluding hydrogens is 260 g/mol. The molecule has 1 fully saturated rings. The van der Waals surface area contributed by atoms with Gasteiger partial charge in [-0.05, 0) is 36.8 Å². The Kier molecular flexibility index (Phi) is 4.23. The minimum atomic E-state index is 0.800. The first-order valence-corrected chi connectivity index (χ1v) is 7.91. The SMILES string of the molecule is CC1CCC(CNc2ccccc2-c2nncn2C)CC1. The number of rotatable bonds is 4. The van der Waals surface area contributed by atoms with Crippen LogP contribution in [0.25, 0.3) is 11.4 Å². The van der Waals surface area contributed by atoms with E-state index >= 15 is 0 Å². The van der Waals surface area contributed by atoms with E-state index in [4.69, 9.17) is 0 Å². The summed E-state index contributed by atoms with van der Waals surface area (Å²) in [5.74, 6) is 2.62. The number of hydrogen-bond acceptors (Lipinski definition) is 3. The molecule has 0 radical (unpaired) electrons. The van der Waals surface area contributed by atoms with Crippen LogP contribution in [-0.4, -0.2) is 21.3 Å². The molecule has 0 atom stereocenters. The minimum Gasteiger partial charge on any atom is -0.384 e. The average Bonchev–Trinajstić information content (AvgIpc) is 2.93. The van der Waals surface area contributed by atoms with Crippen molar-refractivity contribution in [1.82, 2.24) is 14.8 Å². The molecule has 1 aromatic heterocycles. The summed E-state index contributed by atoms with van der Waals surface area (Å²) in [5, 5.41) is 11.8. The topological polar surface area (TPSA) is 42.7 Å². The maximum absolute atomic E-state index is 4.22. The van der Waals surface area contributed by atoms with Crippen molar-refractivity contribution >= 4 is 5.69 Å². The standard InChI is InChI=1S/C17H24N4/c1-13-7-9-14(10-8-13)11-18-16-6-4-3-5-15(16)17-20-19-12-21(17)2/h3-6,12-14,18H,7-11H2,1-2H3. The van der Waals surface area contributed by atoms with E-state index in [2.05, 4.69) is 46.7 Å². The van der Waals surface area contributed by atoms with Gasteiger partial charge in [0.2, 0.25) is 0 Å². The van der Waals surface area contributed by atoms with Crippen LogP contribution < -0.4 is 5.32 Å². The molecule has 3 rings (SSSR count). The zero-order chi connectivity index (χ0) is 14.7. The quantitative estimate of drug-likeness (QED) is 0.930. The number of aromatic nitrogens is 3. The van der Waals surface area contributed by atoms with Crippen molar-refractivity contribution in [1.29, 1.82) is 0 Å². The first-order valence-electron chi connectivity index (χ1n) is 7.91. The van der Waals surface area contributed by atoms with E-state index in [1.165, 1.54) is 25.7 Å². The van der Waals surface area contributed by atoms with Crippen molar-refractivity contribution in [2.45, 2.75) is 32.6 Å². The first-order chi connectivity index (χ1) is 10.2. The molecule has 1 aliphatic carbocycles. The van der Waals surface area contributed by atoms with Crippen LogP contribution in [0.5, 0.6) is 0 Å². The molecular formula is C17H24N4.